The van der Waals surface area contributed by atoms with E-state index in [0.717, 1.165) is 11.1 Å². The summed E-state index contributed by atoms with van der Waals surface area (Å²) >= 11 is 6.17. The minimum absolute atomic E-state index is 0.0596. The summed E-state index contributed by atoms with van der Waals surface area (Å²) in [5.41, 5.74) is 2.59. The number of hydrogen-bond acceptors (Lipinski definition) is 5. The zero-order valence-electron chi connectivity index (χ0n) is 17.9. The third-order valence-electron chi connectivity index (χ3n) is 5.39. The second-order valence-corrected chi connectivity index (χ2v) is 7.96. The number of aryl methyl sites for hydroxylation is 2. The number of hydrogen-bond donors (Lipinski definition) is 1. The van der Waals surface area contributed by atoms with Crippen LogP contribution in [0.3, 0.4) is 0 Å². The van der Waals surface area contributed by atoms with Crippen LogP contribution >= 0.6 is 11.6 Å². The van der Waals surface area contributed by atoms with Gasteiger partial charge < -0.3 is 14.3 Å². The van der Waals surface area contributed by atoms with Gasteiger partial charge in [-0.15, -0.1) is 0 Å². The fraction of sp³-hybridized carbons (Fsp3) is 0.200. The van der Waals surface area contributed by atoms with Crippen LogP contribution in [-0.4, -0.2) is 23.4 Å². The van der Waals surface area contributed by atoms with E-state index in [1.807, 2.05) is 39.0 Å². The lowest BCUT2D eigenvalue weighted by atomic mass is 9.98. The van der Waals surface area contributed by atoms with Crippen LogP contribution in [-0.2, 0) is 9.59 Å². The minimum atomic E-state index is -0.920. The van der Waals surface area contributed by atoms with Crippen LogP contribution in [0, 0.1) is 13.8 Å². The molecule has 1 saturated heterocycles. The van der Waals surface area contributed by atoms with Gasteiger partial charge in [-0.3, -0.25) is 14.5 Å². The molecule has 1 fully saturated rings. The van der Waals surface area contributed by atoms with Crippen LogP contribution < -0.4 is 9.64 Å². The van der Waals surface area contributed by atoms with Crippen molar-refractivity contribution in [3.63, 3.8) is 0 Å². The summed E-state index contributed by atoms with van der Waals surface area (Å²) in [5, 5.41) is 11.6. The largest absolute Gasteiger partial charge is 0.507 e. The maximum Gasteiger partial charge on any atom is 0.300 e. The molecular weight excluding hydrogens is 430 g/mol. The van der Waals surface area contributed by atoms with Crippen LogP contribution in [0.1, 0.15) is 35.4 Å². The molecule has 0 saturated carbocycles. The predicted octanol–water partition coefficient (Wildman–Crippen LogP) is 5.57. The first-order chi connectivity index (χ1) is 15.3. The number of carbonyl (C=O) groups is 2. The van der Waals surface area contributed by atoms with Gasteiger partial charge in [0.15, 0.2) is 0 Å². The molecule has 2 heterocycles. The number of ketones is 1. The predicted molar refractivity (Wildman–Crippen MR) is 122 cm³/mol. The standard InChI is InChI=1S/C25H22ClNO5/c1-4-31-20-13-16(9-10-17(20)26)23(28)21-22(19-6-5-11-32-19)27(25(30)24(21)29)18-12-14(2)7-8-15(18)3/h5-13,22,28H,4H2,1-3H3/b23-21-. The smallest absolute Gasteiger partial charge is 0.300 e. The molecule has 164 valence electrons. The topological polar surface area (TPSA) is 80.0 Å². The van der Waals surface area contributed by atoms with Gasteiger partial charge in [0, 0.05) is 11.3 Å². The number of amides is 1. The van der Waals surface area contributed by atoms with Crippen LogP contribution in [0.25, 0.3) is 5.76 Å². The first kappa shape index (κ1) is 21.7. The molecule has 1 unspecified atom stereocenters. The van der Waals surface area contributed by atoms with E-state index in [9.17, 15) is 14.7 Å². The fourth-order valence-corrected chi connectivity index (χ4v) is 4.02. The molecule has 0 bridgehead atoms. The summed E-state index contributed by atoms with van der Waals surface area (Å²) in [5.74, 6) is -1.12. The quantitative estimate of drug-likeness (QED) is 0.311. The van der Waals surface area contributed by atoms with E-state index < -0.39 is 17.7 Å². The van der Waals surface area contributed by atoms with Crippen molar-refractivity contribution in [2.45, 2.75) is 26.8 Å². The van der Waals surface area contributed by atoms with Crippen LogP contribution in [0.2, 0.25) is 5.02 Å². The van der Waals surface area contributed by atoms with Gasteiger partial charge >= 0.3 is 0 Å². The monoisotopic (exact) mass is 451 g/mol. The van der Waals surface area contributed by atoms with Crippen molar-refractivity contribution >= 4 is 34.7 Å². The normalized spacial score (nSPS) is 17.8. The Morgan fingerprint density at radius 3 is 2.62 bits per heavy atom. The highest BCUT2D eigenvalue weighted by Gasteiger charge is 2.48. The first-order valence-electron chi connectivity index (χ1n) is 10.2. The zero-order chi connectivity index (χ0) is 23.0. The number of halogens is 1. The minimum Gasteiger partial charge on any atom is -0.507 e. The van der Waals surface area contributed by atoms with Crippen molar-refractivity contribution in [3.8, 4) is 5.75 Å². The number of rotatable bonds is 5. The number of anilines is 1. The van der Waals surface area contributed by atoms with E-state index in [-0.39, 0.29) is 11.3 Å². The zero-order valence-corrected chi connectivity index (χ0v) is 18.6. The summed E-state index contributed by atoms with van der Waals surface area (Å²) in [7, 11) is 0. The number of carbonyl (C=O) groups excluding carboxylic acids is 2. The highest BCUT2D eigenvalue weighted by Crippen LogP contribution is 2.44. The van der Waals surface area contributed by atoms with Gasteiger partial charge in [-0.2, -0.15) is 0 Å². The first-order valence-corrected chi connectivity index (χ1v) is 10.6. The van der Waals surface area contributed by atoms with E-state index in [4.69, 9.17) is 20.8 Å². The van der Waals surface area contributed by atoms with E-state index in [1.165, 1.54) is 11.2 Å². The molecule has 6 nitrogen and oxygen atoms in total. The Morgan fingerprint density at radius 1 is 1.16 bits per heavy atom. The van der Waals surface area contributed by atoms with Crippen molar-refractivity contribution in [2.75, 3.05) is 11.5 Å². The molecule has 3 aromatic rings. The molecule has 0 aliphatic carbocycles. The van der Waals surface area contributed by atoms with Crippen molar-refractivity contribution in [3.05, 3.63) is 87.8 Å². The average Bonchev–Trinajstić information content (AvgIpc) is 3.38. The lowest BCUT2D eigenvalue weighted by Gasteiger charge is -2.25. The summed E-state index contributed by atoms with van der Waals surface area (Å²) in [6.45, 7) is 5.97. The molecule has 2 aromatic carbocycles. The van der Waals surface area contributed by atoms with Gasteiger partial charge in [-0.1, -0.05) is 23.7 Å². The molecule has 0 radical (unpaired) electrons. The number of furan rings is 1. The summed E-state index contributed by atoms with van der Waals surface area (Å²) < 4.78 is 11.1. The molecule has 1 aromatic heterocycles. The summed E-state index contributed by atoms with van der Waals surface area (Å²) in [6.07, 6.45) is 1.47. The molecule has 7 heteroatoms. The molecule has 1 N–H and O–H groups in total. The average molecular weight is 452 g/mol. The van der Waals surface area contributed by atoms with Gasteiger partial charge in [-0.25, -0.2) is 0 Å². The van der Waals surface area contributed by atoms with Gasteiger partial charge in [-0.05, 0) is 68.3 Å². The number of benzene rings is 2. The van der Waals surface area contributed by atoms with Crippen molar-refractivity contribution in [1.82, 2.24) is 0 Å². The van der Waals surface area contributed by atoms with E-state index in [2.05, 4.69) is 0 Å². The second-order valence-electron chi connectivity index (χ2n) is 7.55. The fourth-order valence-electron chi connectivity index (χ4n) is 3.85. The number of nitrogens with zero attached hydrogens (tertiary/aromatic N) is 1. The third-order valence-corrected chi connectivity index (χ3v) is 5.70. The Labute approximate surface area is 190 Å². The third kappa shape index (κ3) is 3.67. The lowest BCUT2D eigenvalue weighted by molar-refractivity contribution is -0.132. The number of ether oxygens (including phenoxy) is 1. The maximum atomic E-state index is 13.2. The number of aliphatic hydroxyl groups is 1. The SMILES string of the molecule is CCOc1cc(/C(O)=C2/C(=O)C(=O)N(c3cc(C)ccc3C)C2c2ccco2)ccc1Cl. The molecule has 1 aliphatic heterocycles. The molecule has 1 aliphatic rings. The van der Waals surface area contributed by atoms with Gasteiger partial charge in [0.2, 0.25) is 0 Å². The van der Waals surface area contributed by atoms with E-state index >= 15 is 0 Å². The van der Waals surface area contributed by atoms with Crippen LogP contribution in [0.5, 0.6) is 5.75 Å². The second kappa shape index (κ2) is 8.55. The van der Waals surface area contributed by atoms with Gasteiger partial charge in [0.05, 0.1) is 23.5 Å². The number of Topliss-reactive ketones (excluding diaryl/α,β-unsaturated/α-hetero) is 1. The molecule has 0 spiro atoms. The van der Waals surface area contributed by atoms with E-state index in [0.29, 0.717) is 34.4 Å². The Balaban J connectivity index is 1.93. The van der Waals surface area contributed by atoms with Crippen LogP contribution in [0.15, 0.2) is 64.8 Å². The Morgan fingerprint density at radius 2 is 1.94 bits per heavy atom. The molecular formula is C25H22ClNO5. The Hall–Kier alpha value is -3.51. The van der Waals surface area contributed by atoms with Crippen molar-refractivity contribution in [2.24, 2.45) is 0 Å². The molecule has 32 heavy (non-hydrogen) atoms. The lowest BCUT2D eigenvalue weighted by Crippen LogP contribution is -2.30. The molecule has 4 rings (SSSR count). The molecule has 1 atom stereocenters. The van der Waals surface area contributed by atoms with Gasteiger partial charge in [0.25, 0.3) is 11.7 Å². The Bertz CT molecular complexity index is 1230. The highest BCUT2D eigenvalue weighted by atomic mass is 35.5. The van der Waals surface area contributed by atoms with Crippen LogP contribution in [0.4, 0.5) is 5.69 Å². The van der Waals surface area contributed by atoms with Crippen molar-refractivity contribution in [1.29, 1.82) is 0 Å². The highest BCUT2D eigenvalue weighted by molar-refractivity contribution is 6.51. The summed E-state index contributed by atoms with van der Waals surface area (Å²) in [4.78, 5) is 27.7. The van der Waals surface area contributed by atoms with E-state index in [1.54, 1.807) is 30.3 Å². The Kier molecular flexibility index (Phi) is 5.80. The number of aliphatic hydroxyl groups excluding tert-OH is 1. The van der Waals surface area contributed by atoms with Crippen molar-refractivity contribution < 1.29 is 23.8 Å². The molecule has 1 amide bonds. The maximum absolute atomic E-state index is 13.2. The van der Waals surface area contributed by atoms with Gasteiger partial charge in [0.1, 0.15) is 23.3 Å². The summed E-state index contributed by atoms with van der Waals surface area (Å²) in [6, 6.07) is 12.8.